The highest BCUT2D eigenvalue weighted by Gasteiger charge is 2.23. The first-order chi connectivity index (χ1) is 9.33. The number of benzene rings is 2. The van der Waals surface area contributed by atoms with E-state index in [4.69, 9.17) is 4.74 Å². The summed E-state index contributed by atoms with van der Waals surface area (Å²) in [5.41, 5.74) is 2.50. The summed E-state index contributed by atoms with van der Waals surface area (Å²) in [4.78, 5) is 14.3. The second-order valence-corrected chi connectivity index (χ2v) is 4.89. The second-order valence-electron chi connectivity index (χ2n) is 4.89. The van der Waals surface area contributed by atoms with Gasteiger partial charge in [-0.2, -0.15) is 0 Å². The lowest BCUT2D eigenvalue weighted by atomic mass is 9.86. The van der Waals surface area contributed by atoms with Gasteiger partial charge in [0.2, 0.25) is 6.08 Å². The number of carbonyl (C=O) groups excluding carboxylic acids is 1. The molecule has 0 amide bonds. The number of aryl methyl sites for hydroxylation is 1. The molecule has 2 aromatic carbocycles. The van der Waals surface area contributed by atoms with Crippen LogP contribution in [0.3, 0.4) is 0 Å². The molecule has 0 spiro atoms. The molecule has 0 N–H and O–H groups in total. The normalized spacial score (nSPS) is 17.6. The van der Waals surface area contributed by atoms with Crippen LogP contribution in [-0.4, -0.2) is 19.2 Å². The van der Waals surface area contributed by atoms with Gasteiger partial charge in [-0.05, 0) is 30.2 Å². The average Bonchev–Trinajstić information content (AvgIpc) is 2.45. The van der Waals surface area contributed by atoms with Gasteiger partial charge in [-0.3, -0.25) is 0 Å². The summed E-state index contributed by atoms with van der Waals surface area (Å²) in [6, 6.07) is 10.5. The van der Waals surface area contributed by atoms with E-state index in [0.29, 0.717) is 0 Å². The van der Waals surface area contributed by atoms with Crippen molar-refractivity contribution >= 4 is 16.9 Å². The van der Waals surface area contributed by atoms with Crippen molar-refractivity contribution in [1.29, 1.82) is 0 Å². The first-order valence-corrected chi connectivity index (χ1v) is 6.48. The summed E-state index contributed by atoms with van der Waals surface area (Å²) >= 11 is 0. The smallest absolute Gasteiger partial charge is 0.235 e. The van der Waals surface area contributed by atoms with Crippen molar-refractivity contribution in [2.75, 3.05) is 7.11 Å². The largest absolute Gasteiger partial charge is 0.496 e. The number of isocyanates is 1. The summed E-state index contributed by atoms with van der Waals surface area (Å²) in [6.07, 6.45) is 4.28. The van der Waals surface area contributed by atoms with Crippen molar-refractivity contribution in [3.05, 3.63) is 41.5 Å². The van der Waals surface area contributed by atoms with E-state index in [1.165, 1.54) is 16.5 Å². The maximum absolute atomic E-state index is 10.4. The molecule has 1 unspecified atom stereocenters. The molecule has 0 aromatic heterocycles. The number of ether oxygens (including phenoxy) is 1. The molecule has 0 bridgehead atoms. The Kier molecular flexibility index (Phi) is 3.06. The molecule has 3 nitrogen and oxygen atoms in total. The Bertz CT molecular complexity index is 672. The topological polar surface area (TPSA) is 38.7 Å². The third-order valence-electron chi connectivity index (χ3n) is 3.82. The molecule has 96 valence electrons. The summed E-state index contributed by atoms with van der Waals surface area (Å²) in [5.74, 6) is 0.930. The van der Waals surface area contributed by atoms with Gasteiger partial charge in [0.25, 0.3) is 0 Å². The molecule has 0 aliphatic heterocycles. The Labute approximate surface area is 111 Å². The molecule has 0 radical (unpaired) electrons. The number of hydrogen-bond donors (Lipinski definition) is 0. The second kappa shape index (κ2) is 4.87. The molecular formula is C16H15NO2. The molecule has 1 aliphatic carbocycles. The van der Waals surface area contributed by atoms with Crippen LogP contribution in [0.1, 0.15) is 17.5 Å². The van der Waals surface area contributed by atoms with Crippen molar-refractivity contribution in [3.8, 4) is 5.75 Å². The lowest BCUT2D eigenvalue weighted by Gasteiger charge is -2.24. The maximum Gasteiger partial charge on any atom is 0.235 e. The molecule has 19 heavy (non-hydrogen) atoms. The Balaban J connectivity index is 2.19. The minimum absolute atomic E-state index is 0.0417. The monoisotopic (exact) mass is 253 g/mol. The zero-order valence-electron chi connectivity index (χ0n) is 10.8. The minimum Gasteiger partial charge on any atom is -0.496 e. The quantitative estimate of drug-likeness (QED) is 0.609. The van der Waals surface area contributed by atoms with Gasteiger partial charge in [-0.1, -0.05) is 30.3 Å². The third-order valence-corrected chi connectivity index (χ3v) is 3.82. The van der Waals surface area contributed by atoms with Crippen molar-refractivity contribution in [2.45, 2.75) is 25.3 Å². The Hall–Kier alpha value is -2.12. The van der Waals surface area contributed by atoms with E-state index in [2.05, 4.69) is 23.2 Å². The lowest BCUT2D eigenvalue weighted by Crippen LogP contribution is -2.18. The summed E-state index contributed by atoms with van der Waals surface area (Å²) in [5, 5.41) is 2.33. The molecule has 0 fully saturated rings. The number of aliphatic imine (C=N–C) groups is 1. The standard InChI is InChI=1S/C16H15NO2/c1-19-16-14-5-3-2-4-11(14)8-12-6-7-13(17-10-18)9-15(12)16/h2-5,8,13H,6-7,9H2,1H3. The van der Waals surface area contributed by atoms with Gasteiger partial charge in [-0.15, -0.1) is 0 Å². The van der Waals surface area contributed by atoms with E-state index >= 15 is 0 Å². The van der Waals surface area contributed by atoms with Crippen LogP contribution in [0.25, 0.3) is 10.8 Å². The zero-order valence-corrected chi connectivity index (χ0v) is 10.8. The number of fused-ring (bicyclic) bond motifs is 2. The number of nitrogens with zero attached hydrogens (tertiary/aromatic N) is 1. The summed E-state index contributed by atoms with van der Waals surface area (Å²) in [7, 11) is 1.70. The van der Waals surface area contributed by atoms with Gasteiger partial charge in [0, 0.05) is 10.9 Å². The van der Waals surface area contributed by atoms with Crippen LogP contribution in [0.4, 0.5) is 0 Å². The summed E-state index contributed by atoms with van der Waals surface area (Å²) in [6.45, 7) is 0. The van der Waals surface area contributed by atoms with Crippen molar-refractivity contribution < 1.29 is 9.53 Å². The zero-order chi connectivity index (χ0) is 13.2. The van der Waals surface area contributed by atoms with Crippen LogP contribution in [0.15, 0.2) is 35.3 Å². The molecule has 2 aromatic rings. The van der Waals surface area contributed by atoms with Crippen LogP contribution < -0.4 is 4.74 Å². The highest BCUT2D eigenvalue weighted by atomic mass is 16.5. The molecule has 0 heterocycles. The van der Waals surface area contributed by atoms with Crippen LogP contribution in [0, 0.1) is 0 Å². The fourth-order valence-corrected chi connectivity index (χ4v) is 2.94. The van der Waals surface area contributed by atoms with Crippen molar-refractivity contribution in [1.82, 2.24) is 0 Å². The number of hydrogen-bond acceptors (Lipinski definition) is 3. The Morgan fingerprint density at radius 2 is 2.21 bits per heavy atom. The lowest BCUT2D eigenvalue weighted by molar-refractivity contribution is 0.408. The number of rotatable bonds is 2. The SMILES string of the molecule is COc1c2c(cc3ccccc13)CCC(N=C=O)C2. The van der Waals surface area contributed by atoms with Gasteiger partial charge in [0.1, 0.15) is 5.75 Å². The third kappa shape index (κ3) is 2.02. The fourth-order valence-electron chi connectivity index (χ4n) is 2.94. The summed E-state index contributed by atoms with van der Waals surface area (Å²) < 4.78 is 5.61. The van der Waals surface area contributed by atoms with Gasteiger partial charge in [0.05, 0.1) is 13.2 Å². The first kappa shape index (κ1) is 11.9. The predicted octanol–water partition coefficient (Wildman–Crippen LogP) is 3.04. The van der Waals surface area contributed by atoms with Gasteiger partial charge in [-0.25, -0.2) is 9.79 Å². The van der Waals surface area contributed by atoms with E-state index in [0.717, 1.165) is 30.4 Å². The van der Waals surface area contributed by atoms with Crippen LogP contribution in [0.2, 0.25) is 0 Å². The first-order valence-electron chi connectivity index (χ1n) is 6.48. The minimum atomic E-state index is 0.0417. The van der Waals surface area contributed by atoms with E-state index in [9.17, 15) is 4.79 Å². The van der Waals surface area contributed by atoms with Gasteiger partial charge >= 0.3 is 0 Å². The molecule has 0 saturated carbocycles. The fraction of sp³-hybridized carbons (Fsp3) is 0.312. The highest BCUT2D eigenvalue weighted by Crippen LogP contribution is 2.37. The van der Waals surface area contributed by atoms with Gasteiger partial charge < -0.3 is 4.74 Å². The Morgan fingerprint density at radius 1 is 1.37 bits per heavy atom. The van der Waals surface area contributed by atoms with E-state index in [-0.39, 0.29) is 6.04 Å². The van der Waals surface area contributed by atoms with E-state index in [1.54, 1.807) is 13.2 Å². The van der Waals surface area contributed by atoms with Crippen LogP contribution in [-0.2, 0) is 17.6 Å². The Morgan fingerprint density at radius 3 is 3.00 bits per heavy atom. The van der Waals surface area contributed by atoms with Crippen LogP contribution in [0.5, 0.6) is 5.75 Å². The molecule has 1 aliphatic rings. The van der Waals surface area contributed by atoms with Crippen molar-refractivity contribution in [2.24, 2.45) is 4.99 Å². The molecule has 1 atom stereocenters. The van der Waals surface area contributed by atoms with E-state index < -0.39 is 0 Å². The predicted molar refractivity (Wildman–Crippen MR) is 74.4 cm³/mol. The average molecular weight is 253 g/mol. The van der Waals surface area contributed by atoms with Crippen LogP contribution >= 0.6 is 0 Å². The highest BCUT2D eigenvalue weighted by molar-refractivity contribution is 5.90. The number of methoxy groups -OCH3 is 1. The van der Waals surface area contributed by atoms with Gasteiger partial charge in [0.15, 0.2) is 0 Å². The maximum atomic E-state index is 10.4. The molecule has 0 saturated heterocycles. The molecule has 3 heteroatoms. The van der Waals surface area contributed by atoms with E-state index in [1.807, 2.05) is 12.1 Å². The molecular weight excluding hydrogens is 238 g/mol. The van der Waals surface area contributed by atoms with Crippen molar-refractivity contribution in [3.63, 3.8) is 0 Å². The molecule has 3 rings (SSSR count).